The van der Waals surface area contributed by atoms with E-state index >= 15 is 0 Å². The van der Waals surface area contributed by atoms with Crippen LogP contribution in [0.5, 0.6) is 0 Å². The largest absolute Gasteiger partial charge is 0.398 e. The molecule has 0 saturated heterocycles. The van der Waals surface area contributed by atoms with Crippen LogP contribution < -0.4 is 5.73 Å². The molecule has 16 heavy (non-hydrogen) atoms. The number of hydrogen-bond donors (Lipinski definition) is 1. The highest BCUT2D eigenvalue weighted by molar-refractivity contribution is 6.31. The van der Waals surface area contributed by atoms with Crippen LogP contribution in [0.4, 0.5) is 5.69 Å². The normalized spacial score (nSPS) is 11.0. The number of halogens is 1. The lowest BCUT2D eigenvalue weighted by Gasteiger charge is -2.12. The summed E-state index contributed by atoms with van der Waals surface area (Å²) in [7, 11) is 0. The van der Waals surface area contributed by atoms with E-state index in [9.17, 15) is 0 Å². The van der Waals surface area contributed by atoms with E-state index in [1.807, 2.05) is 26.0 Å². The zero-order valence-electron chi connectivity index (χ0n) is 9.76. The minimum absolute atomic E-state index is 0.710. The molecule has 1 aromatic carbocycles. The molecule has 1 heterocycles. The van der Waals surface area contributed by atoms with Gasteiger partial charge < -0.3 is 5.73 Å². The summed E-state index contributed by atoms with van der Waals surface area (Å²) >= 11 is 6.04. The first kappa shape index (κ1) is 11.2. The number of nitrogen functional groups attached to an aromatic ring is 1. The van der Waals surface area contributed by atoms with Crippen LogP contribution in [0.25, 0.3) is 10.9 Å². The molecule has 2 rings (SSSR count). The van der Waals surface area contributed by atoms with Crippen LogP contribution in [0.2, 0.25) is 5.02 Å². The number of fused-ring (bicyclic) bond motifs is 1. The number of aryl methyl sites for hydroxylation is 2. The first-order valence-corrected chi connectivity index (χ1v) is 5.77. The Morgan fingerprint density at radius 3 is 2.62 bits per heavy atom. The van der Waals surface area contributed by atoms with Crippen molar-refractivity contribution in [3.63, 3.8) is 0 Å². The van der Waals surface area contributed by atoms with Gasteiger partial charge in [-0.25, -0.2) is 0 Å². The van der Waals surface area contributed by atoms with Gasteiger partial charge in [-0.05, 0) is 43.5 Å². The van der Waals surface area contributed by atoms with Crippen molar-refractivity contribution in [2.75, 3.05) is 5.73 Å². The summed E-state index contributed by atoms with van der Waals surface area (Å²) < 4.78 is 0. The van der Waals surface area contributed by atoms with Crippen molar-refractivity contribution in [1.82, 2.24) is 4.98 Å². The van der Waals surface area contributed by atoms with Crippen molar-refractivity contribution in [2.24, 2.45) is 0 Å². The van der Waals surface area contributed by atoms with E-state index < -0.39 is 0 Å². The van der Waals surface area contributed by atoms with E-state index in [1.54, 1.807) is 0 Å². The molecule has 84 valence electrons. The molecule has 0 aliphatic carbocycles. The number of hydrogen-bond acceptors (Lipinski definition) is 2. The maximum Gasteiger partial charge on any atom is 0.0756 e. The third kappa shape index (κ3) is 1.63. The number of anilines is 1. The third-order valence-corrected chi connectivity index (χ3v) is 3.19. The zero-order valence-corrected chi connectivity index (χ0v) is 10.5. The second-order valence-corrected chi connectivity index (χ2v) is 4.51. The average molecular weight is 235 g/mol. The number of aromatic nitrogens is 1. The van der Waals surface area contributed by atoms with Gasteiger partial charge in [0.05, 0.1) is 5.52 Å². The highest BCUT2D eigenvalue weighted by Gasteiger charge is 2.10. The fraction of sp³-hybridized carbons (Fsp3) is 0.308. The van der Waals surface area contributed by atoms with Gasteiger partial charge in [-0.15, -0.1) is 0 Å². The number of benzene rings is 1. The molecule has 0 spiro atoms. The average Bonchev–Trinajstić information content (AvgIpc) is 2.24. The molecule has 2 nitrogen and oxygen atoms in total. The van der Waals surface area contributed by atoms with Crippen molar-refractivity contribution in [2.45, 2.75) is 27.2 Å². The summed E-state index contributed by atoms with van der Waals surface area (Å²) in [5.41, 5.74) is 11.1. The molecule has 2 aromatic rings. The van der Waals surface area contributed by atoms with E-state index in [4.69, 9.17) is 17.3 Å². The summed E-state index contributed by atoms with van der Waals surface area (Å²) in [5.74, 6) is 0. The van der Waals surface area contributed by atoms with Crippen LogP contribution in [0, 0.1) is 13.8 Å². The molecule has 1 aromatic heterocycles. The van der Waals surface area contributed by atoms with Crippen LogP contribution in [-0.2, 0) is 6.42 Å². The Bertz CT molecular complexity index is 562. The van der Waals surface area contributed by atoms with Crippen LogP contribution in [0.15, 0.2) is 12.1 Å². The number of nitrogens with zero attached hydrogens (tertiary/aromatic N) is 1. The molecular formula is C13H15ClN2. The molecule has 0 fully saturated rings. The topological polar surface area (TPSA) is 38.9 Å². The van der Waals surface area contributed by atoms with Gasteiger partial charge in [-0.1, -0.05) is 18.5 Å². The zero-order chi connectivity index (χ0) is 11.9. The first-order valence-electron chi connectivity index (χ1n) is 5.39. The SMILES string of the molecule is CCc1nc2c(C)cc(Cl)cc2c(N)c1C. The second-order valence-electron chi connectivity index (χ2n) is 4.07. The first-order chi connectivity index (χ1) is 7.54. The lowest BCUT2D eigenvalue weighted by Crippen LogP contribution is -2.01. The van der Waals surface area contributed by atoms with Crippen molar-refractivity contribution < 1.29 is 0 Å². The van der Waals surface area contributed by atoms with E-state index in [1.165, 1.54) is 0 Å². The fourth-order valence-corrected chi connectivity index (χ4v) is 2.28. The van der Waals surface area contributed by atoms with Gasteiger partial charge in [0.25, 0.3) is 0 Å². The molecule has 2 N–H and O–H groups in total. The summed E-state index contributed by atoms with van der Waals surface area (Å²) in [6.07, 6.45) is 0.897. The highest BCUT2D eigenvalue weighted by Crippen LogP contribution is 2.30. The van der Waals surface area contributed by atoms with Gasteiger partial charge in [0, 0.05) is 21.8 Å². The van der Waals surface area contributed by atoms with E-state index in [2.05, 4.69) is 11.9 Å². The van der Waals surface area contributed by atoms with Crippen molar-refractivity contribution >= 4 is 28.2 Å². The minimum Gasteiger partial charge on any atom is -0.398 e. The quantitative estimate of drug-likeness (QED) is 0.818. The maximum atomic E-state index is 6.13. The molecule has 0 aliphatic heterocycles. The lowest BCUT2D eigenvalue weighted by atomic mass is 10.0. The molecule has 3 heteroatoms. The Morgan fingerprint density at radius 1 is 1.31 bits per heavy atom. The van der Waals surface area contributed by atoms with Gasteiger partial charge in [0.1, 0.15) is 0 Å². The summed E-state index contributed by atoms with van der Waals surface area (Å²) in [6, 6.07) is 3.81. The molecular weight excluding hydrogens is 220 g/mol. The molecule has 0 amide bonds. The monoisotopic (exact) mass is 234 g/mol. The van der Waals surface area contributed by atoms with Gasteiger partial charge in [0.15, 0.2) is 0 Å². The highest BCUT2D eigenvalue weighted by atomic mass is 35.5. The van der Waals surface area contributed by atoms with Crippen molar-refractivity contribution in [1.29, 1.82) is 0 Å². The molecule has 0 aliphatic rings. The third-order valence-electron chi connectivity index (χ3n) is 2.97. The van der Waals surface area contributed by atoms with Gasteiger partial charge in [-0.3, -0.25) is 4.98 Å². The van der Waals surface area contributed by atoms with Gasteiger partial charge >= 0.3 is 0 Å². The smallest absolute Gasteiger partial charge is 0.0756 e. The van der Waals surface area contributed by atoms with E-state index in [-0.39, 0.29) is 0 Å². The van der Waals surface area contributed by atoms with Gasteiger partial charge in [-0.2, -0.15) is 0 Å². The summed E-state index contributed by atoms with van der Waals surface area (Å²) in [5, 5.41) is 1.67. The molecule has 0 unspecified atom stereocenters. The predicted molar refractivity (Wildman–Crippen MR) is 70.0 cm³/mol. The number of nitrogens with two attached hydrogens (primary N) is 1. The van der Waals surface area contributed by atoms with Crippen LogP contribution >= 0.6 is 11.6 Å². The Morgan fingerprint density at radius 2 is 2.00 bits per heavy atom. The Labute approximate surface area is 100 Å². The standard InChI is InChI=1S/C13H15ClN2/c1-4-11-8(3)12(15)10-6-9(14)5-7(2)13(10)16-11/h5-6H,4H2,1-3H3,(H2,15,16). The minimum atomic E-state index is 0.710. The fourth-order valence-electron chi connectivity index (χ4n) is 2.01. The van der Waals surface area contributed by atoms with Crippen molar-refractivity contribution in [3.05, 3.63) is 34.0 Å². The number of pyridine rings is 1. The second kappa shape index (κ2) is 3.95. The lowest BCUT2D eigenvalue weighted by molar-refractivity contribution is 1.03. The Balaban J connectivity index is 2.92. The Hall–Kier alpha value is -1.28. The van der Waals surface area contributed by atoms with E-state index in [0.29, 0.717) is 5.02 Å². The van der Waals surface area contributed by atoms with Crippen LogP contribution in [0.3, 0.4) is 0 Å². The molecule has 0 saturated carbocycles. The maximum absolute atomic E-state index is 6.13. The van der Waals surface area contributed by atoms with Crippen LogP contribution in [-0.4, -0.2) is 4.98 Å². The molecule has 0 atom stereocenters. The van der Waals surface area contributed by atoms with Crippen molar-refractivity contribution in [3.8, 4) is 0 Å². The number of rotatable bonds is 1. The predicted octanol–water partition coefficient (Wildman–Crippen LogP) is 3.65. The summed E-state index contributed by atoms with van der Waals surface area (Å²) in [6.45, 7) is 6.11. The van der Waals surface area contributed by atoms with Gasteiger partial charge in [0.2, 0.25) is 0 Å². The summed E-state index contributed by atoms with van der Waals surface area (Å²) in [4.78, 5) is 4.66. The molecule has 0 bridgehead atoms. The van der Waals surface area contributed by atoms with Crippen LogP contribution in [0.1, 0.15) is 23.7 Å². The Kier molecular flexibility index (Phi) is 2.76. The molecule has 0 radical (unpaired) electrons. The van der Waals surface area contributed by atoms with E-state index in [0.717, 1.165) is 39.8 Å².